The predicted molar refractivity (Wildman–Crippen MR) is 70.6 cm³/mol. The highest BCUT2D eigenvalue weighted by Gasteiger charge is 2.00. The summed E-state index contributed by atoms with van der Waals surface area (Å²) >= 11 is -2.05. The van der Waals surface area contributed by atoms with Crippen molar-refractivity contribution < 1.29 is 13.5 Å². The zero-order valence-electron chi connectivity index (χ0n) is 9.66. The first-order valence-corrected chi connectivity index (χ1v) is 6.27. The molecule has 1 unspecified atom stereocenters. The molecule has 0 aliphatic carbocycles. The highest BCUT2D eigenvalue weighted by molar-refractivity contribution is 7.80. The van der Waals surface area contributed by atoms with Crippen molar-refractivity contribution in [3.63, 3.8) is 0 Å². The number of nitrogens with zero attached hydrogens (tertiary/aromatic N) is 1. The fourth-order valence-corrected chi connectivity index (χ4v) is 1.84. The second-order valence-corrected chi connectivity index (χ2v) is 4.22. The van der Waals surface area contributed by atoms with Crippen molar-refractivity contribution in [1.82, 2.24) is 4.98 Å². The minimum Gasteiger partial charge on any atom is -0.481 e. The van der Waals surface area contributed by atoms with Crippen molar-refractivity contribution in [1.29, 1.82) is 0 Å². The molecular formula is C12H12N2O3S. The number of hydrogen-bond donors (Lipinski definition) is 2. The number of ether oxygens (including phenoxy) is 1. The Morgan fingerprint density at radius 2 is 1.83 bits per heavy atom. The molecule has 2 N–H and O–H groups in total. The molecule has 1 atom stereocenters. The van der Waals surface area contributed by atoms with Gasteiger partial charge in [0.25, 0.3) is 11.3 Å². The summed E-state index contributed by atoms with van der Waals surface area (Å²) in [6.45, 7) is 0. The third-order valence-corrected chi connectivity index (χ3v) is 2.78. The van der Waals surface area contributed by atoms with Crippen molar-refractivity contribution >= 4 is 17.0 Å². The number of benzene rings is 1. The first-order chi connectivity index (χ1) is 8.69. The van der Waals surface area contributed by atoms with Crippen LogP contribution in [0.3, 0.4) is 0 Å². The summed E-state index contributed by atoms with van der Waals surface area (Å²) in [7, 11) is 1.57. The van der Waals surface area contributed by atoms with E-state index in [1.807, 2.05) is 18.2 Å². The average molecular weight is 264 g/mol. The van der Waals surface area contributed by atoms with E-state index in [1.54, 1.807) is 31.5 Å². The summed E-state index contributed by atoms with van der Waals surface area (Å²) in [6, 6.07) is 10.8. The van der Waals surface area contributed by atoms with Crippen LogP contribution in [0.15, 0.2) is 42.6 Å². The maximum absolute atomic E-state index is 10.6. The molecule has 0 aliphatic rings. The largest absolute Gasteiger partial charge is 0.481 e. The smallest absolute Gasteiger partial charge is 0.259 e. The lowest BCUT2D eigenvalue weighted by Crippen LogP contribution is -2.01. The van der Waals surface area contributed by atoms with Crippen molar-refractivity contribution in [2.45, 2.75) is 0 Å². The number of pyridine rings is 1. The van der Waals surface area contributed by atoms with E-state index >= 15 is 0 Å². The van der Waals surface area contributed by atoms with E-state index in [1.165, 1.54) is 0 Å². The summed E-state index contributed by atoms with van der Waals surface area (Å²) in [5.74, 6) is 0.563. The molecule has 1 aromatic heterocycles. The molecule has 0 bridgehead atoms. The Kier molecular flexibility index (Phi) is 3.91. The second kappa shape index (κ2) is 5.61. The van der Waals surface area contributed by atoms with E-state index in [9.17, 15) is 4.21 Å². The average Bonchev–Trinajstić information content (AvgIpc) is 2.39. The van der Waals surface area contributed by atoms with Crippen LogP contribution in [0.4, 0.5) is 5.69 Å². The zero-order valence-corrected chi connectivity index (χ0v) is 10.5. The van der Waals surface area contributed by atoms with Gasteiger partial charge in [0.15, 0.2) is 0 Å². The molecule has 6 heteroatoms. The number of aromatic nitrogens is 1. The summed E-state index contributed by atoms with van der Waals surface area (Å²) in [6.07, 6.45) is 1.71. The quantitative estimate of drug-likeness (QED) is 0.831. The lowest BCUT2D eigenvalue weighted by Gasteiger charge is -2.05. The van der Waals surface area contributed by atoms with Crippen LogP contribution in [0.2, 0.25) is 0 Å². The number of methoxy groups -OCH3 is 1. The molecule has 1 aromatic carbocycles. The van der Waals surface area contributed by atoms with E-state index in [0.29, 0.717) is 11.6 Å². The van der Waals surface area contributed by atoms with E-state index in [-0.39, 0.29) is 0 Å². The molecule has 0 saturated heterocycles. The van der Waals surface area contributed by atoms with Crippen LogP contribution in [0.25, 0.3) is 11.1 Å². The Bertz CT molecular complexity index is 540. The third-order valence-electron chi connectivity index (χ3n) is 2.37. The van der Waals surface area contributed by atoms with Gasteiger partial charge in [0.05, 0.1) is 7.11 Å². The van der Waals surface area contributed by atoms with Gasteiger partial charge in [0.1, 0.15) is 0 Å². The Labute approximate surface area is 107 Å². The molecule has 5 nitrogen and oxygen atoms in total. The van der Waals surface area contributed by atoms with Crippen molar-refractivity contribution in [2.24, 2.45) is 0 Å². The predicted octanol–water partition coefficient (Wildman–Crippen LogP) is 2.31. The third kappa shape index (κ3) is 3.06. The number of nitrogens with one attached hydrogen (secondary N) is 1. The first kappa shape index (κ1) is 12.5. The molecule has 1 heterocycles. The molecule has 0 radical (unpaired) electrons. The van der Waals surface area contributed by atoms with Gasteiger partial charge in [0.2, 0.25) is 5.88 Å². The first-order valence-electron chi connectivity index (χ1n) is 5.17. The van der Waals surface area contributed by atoms with Gasteiger partial charge in [-0.2, -0.15) is 0 Å². The number of rotatable bonds is 4. The SMILES string of the molecule is COc1ccc(-c2ccc(NS(=O)O)cc2)cn1. The van der Waals surface area contributed by atoms with Crippen molar-refractivity contribution in [3.8, 4) is 17.0 Å². The molecule has 0 aliphatic heterocycles. The molecule has 18 heavy (non-hydrogen) atoms. The van der Waals surface area contributed by atoms with Crippen LogP contribution in [0.5, 0.6) is 5.88 Å². The lowest BCUT2D eigenvalue weighted by atomic mass is 10.1. The van der Waals surface area contributed by atoms with Crippen molar-refractivity contribution in [3.05, 3.63) is 42.6 Å². The molecule has 0 spiro atoms. The number of anilines is 1. The van der Waals surface area contributed by atoms with Gasteiger partial charge in [0, 0.05) is 23.5 Å². The Morgan fingerprint density at radius 3 is 2.33 bits per heavy atom. The van der Waals surface area contributed by atoms with Crippen LogP contribution in [-0.2, 0) is 11.3 Å². The Hall–Kier alpha value is -1.92. The molecule has 0 fully saturated rings. The minimum absolute atomic E-state index is 0.563. The zero-order chi connectivity index (χ0) is 13.0. The van der Waals surface area contributed by atoms with E-state index in [0.717, 1.165) is 11.1 Å². The van der Waals surface area contributed by atoms with Gasteiger partial charge >= 0.3 is 0 Å². The van der Waals surface area contributed by atoms with Gasteiger partial charge in [-0.25, -0.2) is 9.19 Å². The van der Waals surface area contributed by atoms with Crippen molar-refractivity contribution in [2.75, 3.05) is 11.8 Å². The Balaban J connectivity index is 2.20. The van der Waals surface area contributed by atoms with Crippen LogP contribution in [0.1, 0.15) is 0 Å². The fraction of sp³-hybridized carbons (Fsp3) is 0.0833. The van der Waals surface area contributed by atoms with Gasteiger partial charge in [-0.1, -0.05) is 12.1 Å². The van der Waals surface area contributed by atoms with E-state index in [4.69, 9.17) is 9.29 Å². The molecular weight excluding hydrogens is 252 g/mol. The summed E-state index contributed by atoms with van der Waals surface area (Å²) < 4.78 is 26.6. The molecule has 2 rings (SSSR count). The number of hydrogen-bond acceptors (Lipinski definition) is 3. The Morgan fingerprint density at radius 1 is 1.17 bits per heavy atom. The standard InChI is InChI=1S/C12H12N2O3S/c1-17-12-7-4-10(8-13-12)9-2-5-11(6-3-9)14-18(15)16/h2-8,14H,1H3,(H,15,16). The summed E-state index contributed by atoms with van der Waals surface area (Å²) in [5, 5.41) is 0. The van der Waals surface area contributed by atoms with Crippen LogP contribution in [-0.4, -0.2) is 20.9 Å². The highest BCUT2D eigenvalue weighted by atomic mass is 32.2. The minimum atomic E-state index is -2.05. The maximum atomic E-state index is 10.6. The monoisotopic (exact) mass is 264 g/mol. The lowest BCUT2D eigenvalue weighted by molar-refractivity contribution is 0.398. The molecule has 94 valence electrons. The fourth-order valence-electron chi connectivity index (χ4n) is 1.50. The van der Waals surface area contributed by atoms with Crippen LogP contribution in [0, 0.1) is 0 Å². The topological polar surface area (TPSA) is 71.5 Å². The van der Waals surface area contributed by atoms with Gasteiger partial charge < -0.3 is 4.74 Å². The van der Waals surface area contributed by atoms with E-state index < -0.39 is 11.3 Å². The highest BCUT2D eigenvalue weighted by Crippen LogP contribution is 2.22. The molecule has 2 aromatic rings. The second-order valence-electron chi connectivity index (χ2n) is 3.52. The maximum Gasteiger partial charge on any atom is 0.259 e. The molecule has 0 amide bonds. The normalized spacial score (nSPS) is 11.9. The summed E-state index contributed by atoms with van der Waals surface area (Å²) in [4.78, 5) is 4.12. The van der Waals surface area contributed by atoms with Gasteiger partial charge in [-0.15, -0.1) is 0 Å². The molecule has 0 saturated carbocycles. The van der Waals surface area contributed by atoms with Crippen LogP contribution >= 0.6 is 0 Å². The summed E-state index contributed by atoms with van der Waals surface area (Å²) in [5.41, 5.74) is 2.51. The van der Waals surface area contributed by atoms with Gasteiger partial charge in [-0.3, -0.25) is 9.27 Å². The van der Waals surface area contributed by atoms with Crippen LogP contribution < -0.4 is 9.46 Å². The van der Waals surface area contributed by atoms with Gasteiger partial charge in [-0.05, 0) is 23.8 Å². The van der Waals surface area contributed by atoms with E-state index in [2.05, 4.69) is 9.71 Å².